The predicted molar refractivity (Wildman–Crippen MR) is 406 cm³/mol. The fraction of sp³-hybridized carbons (Fsp3) is 0.608. The fourth-order valence-corrected chi connectivity index (χ4v) is 15.1. The summed E-state index contributed by atoms with van der Waals surface area (Å²) in [4.78, 5) is 77.4. The lowest BCUT2D eigenvalue weighted by Gasteiger charge is -2.45. The Morgan fingerprint density at radius 3 is 2.00 bits per heavy atom. The maximum absolute atomic E-state index is 14.5. The maximum atomic E-state index is 14.5. The van der Waals surface area contributed by atoms with Crippen molar-refractivity contribution in [3.8, 4) is 23.0 Å². The molecule has 113 heavy (non-hydrogen) atoms. The fourth-order valence-electron chi connectivity index (χ4n) is 15.1. The smallest absolute Gasteiger partial charge is 0.312 e. The number of amides is 2. The molecule has 25 N–H and O–H groups in total. The number of phenolic OH excluding ortho intramolecular Hbond substituents is 3. The molecule has 0 unspecified atom stereocenters. The third-order valence-corrected chi connectivity index (χ3v) is 21.9. The zero-order valence-corrected chi connectivity index (χ0v) is 64.7. The Kier molecular flexibility index (Phi) is 30.6. The SMILES string of the molecule is CN[C@@H]1[C@H](O[C@H]2[C@H](O[C@H]3[C@H](O)[C@@H](O)[C@H](N=C(N)N)[C@@H](O)[C@@H]3N=C(N)N)O[C@@H](C)[C@]2(O)C=O)O[C@@H](CO)[C@H](O)[C@H]1O.CO[C@H]1/C=C/O[C@@]2(C)Oc3c(C)c(O)c4c(O)c(c(/C=N\N5CCN(C6CCCC6)CC5)c(O)c4c3C2=O)NC(=O)/C(C)=C\C=C\[C@H](C)[C@H](O)[C@@H](C)[C@@H](O)[C@@H](C)[C@H](OC(C)=O)[C@@H]1C.NNC(=O)c1ccncc1. The first-order chi connectivity index (χ1) is 53.4. The molecule has 626 valence electrons. The number of rotatable bonds is 15. The molecule has 11 rings (SSSR count). The van der Waals surface area contributed by atoms with E-state index in [2.05, 4.69) is 35.6 Å². The molecular weight excluding hydrogens is 1480 g/mol. The number of benzene rings is 2. The number of phenols is 3. The number of fused-ring (bicyclic) bond motifs is 14. The Labute approximate surface area is 652 Å². The molecule has 2 saturated carbocycles. The van der Waals surface area contributed by atoms with E-state index in [9.17, 15) is 85.3 Å². The number of aromatic hydroxyl groups is 3. The average Bonchev–Trinajstić information content (AvgIpc) is 1.66. The number of carbonyl (C=O) groups excluding carboxylic acids is 5. The summed E-state index contributed by atoms with van der Waals surface area (Å²) in [7, 11) is 2.86. The van der Waals surface area contributed by atoms with Crippen LogP contribution < -0.4 is 49.6 Å². The lowest BCUT2D eigenvalue weighted by atomic mass is 9.78. The Balaban J connectivity index is 0.000000271. The van der Waals surface area contributed by atoms with Gasteiger partial charge in [0, 0.05) is 111 Å². The molecule has 2 aromatic carbocycles. The predicted octanol–water partition coefficient (Wildman–Crippen LogP) is -2.83. The summed E-state index contributed by atoms with van der Waals surface area (Å²) in [5.74, 6) is -4.73. The molecule has 6 aliphatic heterocycles. The van der Waals surface area contributed by atoms with Crippen LogP contribution in [0.25, 0.3) is 10.8 Å². The summed E-state index contributed by atoms with van der Waals surface area (Å²) < 4.78 is 46.7. The molecular formula is C74H110N14O25. The van der Waals surface area contributed by atoms with E-state index in [4.69, 9.17) is 66.7 Å². The Morgan fingerprint density at radius 1 is 0.779 bits per heavy atom. The van der Waals surface area contributed by atoms with Gasteiger partial charge >= 0.3 is 11.8 Å². The third-order valence-electron chi connectivity index (χ3n) is 21.9. The van der Waals surface area contributed by atoms with Crippen molar-refractivity contribution in [1.29, 1.82) is 0 Å². The summed E-state index contributed by atoms with van der Waals surface area (Å²) in [6.07, 6.45) is -4.50. The van der Waals surface area contributed by atoms with Gasteiger partial charge in [0.2, 0.25) is 0 Å². The molecule has 2 aliphatic carbocycles. The number of carbonyl (C=O) groups is 5. The first-order valence-corrected chi connectivity index (χ1v) is 37.0. The minimum absolute atomic E-state index is 0.0631. The van der Waals surface area contributed by atoms with Crippen molar-refractivity contribution in [2.45, 2.75) is 215 Å². The van der Waals surface area contributed by atoms with Gasteiger partial charge in [-0.2, -0.15) is 5.10 Å². The molecule has 24 atom stereocenters. The number of nitrogens with one attached hydrogen (secondary N) is 3. The molecule has 39 nitrogen and oxygen atoms in total. The van der Waals surface area contributed by atoms with Gasteiger partial charge in [-0.1, -0.05) is 58.8 Å². The number of guanidine groups is 2. The van der Waals surface area contributed by atoms with Gasteiger partial charge in [0.1, 0.15) is 84.3 Å². The second-order valence-electron chi connectivity index (χ2n) is 29.4. The lowest BCUT2D eigenvalue weighted by Crippen LogP contribution is -2.66. The van der Waals surface area contributed by atoms with Crippen molar-refractivity contribution in [2.75, 3.05) is 52.3 Å². The number of esters is 1. The minimum Gasteiger partial charge on any atom is -0.507 e. The molecule has 5 fully saturated rings. The summed E-state index contributed by atoms with van der Waals surface area (Å²) in [5.41, 5.74) is 21.6. The number of nitrogens with zero attached hydrogens (tertiary/aromatic N) is 6. The number of aromatic nitrogens is 1. The van der Waals surface area contributed by atoms with Crippen LogP contribution in [0.15, 0.2) is 75.8 Å². The van der Waals surface area contributed by atoms with E-state index in [0.717, 1.165) is 13.1 Å². The zero-order chi connectivity index (χ0) is 83.6. The van der Waals surface area contributed by atoms with Crippen LogP contribution in [0, 0.1) is 30.6 Å². The number of hydrazine groups is 1. The number of aldehydes is 1. The quantitative estimate of drug-likeness (QED) is 0.00839. The van der Waals surface area contributed by atoms with Crippen molar-refractivity contribution in [3.63, 3.8) is 0 Å². The van der Waals surface area contributed by atoms with Gasteiger partial charge < -0.3 is 133 Å². The molecule has 0 radical (unpaired) electrons. The molecule has 39 heteroatoms. The van der Waals surface area contributed by atoms with Gasteiger partial charge in [0.15, 0.2) is 42.1 Å². The normalized spacial score (nSPS) is 35.6. The number of pyridine rings is 1. The first-order valence-electron chi connectivity index (χ1n) is 37.0. The number of ether oxygens (including phenoxy) is 8. The van der Waals surface area contributed by atoms with Gasteiger partial charge in [-0.05, 0) is 58.9 Å². The average molecular weight is 1600 g/mol. The van der Waals surface area contributed by atoms with Crippen molar-refractivity contribution >= 4 is 64.4 Å². The van der Waals surface area contributed by atoms with Crippen molar-refractivity contribution in [1.82, 2.24) is 25.6 Å². The summed E-state index contributed by atoms with van der Waals surface area (Å²) >= 11 is 0. The van der Waals surface area contributed by atoms with Gasteiger partial charge in [-0.3, -0.25) is 44.3 Å². The van der Waals surface area contributed by atoms with Crippen LogP contribution in [-0.4, -0.2) is 299 Å². The van der Waals surface area contributed by atoms with E-state index >= 15 is 0 Å². The standard InChI is InChI=1S/C47H64N4O12.C21H39N7O12.C6H7N3O/c1-24-13-12-14-25(2)46(59)49-37-32(23-48-51-20-18-50(19-21-51)31-15-10-11-16-31)41(56)34-35(42(37)57)40(55)29(6)44-36(34)45(58)47(8,63-44)61-22-17-33(60-9)26(3)43(62-30(7)52)28(5)39(54)27(4)38(24)53;1-5-21(36,4-30)16(40-17-9(26-2)13(34)10(31)6(3-29)38-17)18(37-5)39-15-8(28-20(24)25)11(32)7(27-19(22)23)12(33)14(15)35;7-9-6(10)5-1-3-8-4-2-5/h12-14,17,22-24,26-28,31,33,38-39,43,53-57H,10-11,15-16,18-21H2,1-9H3,(H,49,59);4-18,26,29,31-36H,3H2,1-2H3,(H4,22,23,27)(H4,24,25,28);1-4H,7H2,(H,9,10)/b13-12+,22-17+,25-14-,48-23-;;/t24-,26+,27+,28+,33-,38-,39+,43+,47-;5-,6-,7+,8-,9-,10-,11+,12-,13-,14+,15+,16-,17-,18-,21+;/m00./s1. The number of nitrogens with two attached hydrogens (primary N) is 5. The van der Waals surface area contributed by atoms with Crippen LogP contribution in [0.4, 0.5) is 5.69 Å². The summed E-state index contributed by atoms with van der Waals surface area (Å²) in [6, 6.07) is -0.357. The maximum Gasteiger partial charge on any atom is 0.312 e. The summed E-state index contributed by atoms with van der Waals surface area (Å²) in [6.45, 7) is 16.0. The molecule has 5 bridgehead atoms. The van der Waals surface area contributed by atoms with Crippen LogP contribution in [0.1, 0.15) is 113 Å². The largest absolute Gasteiger partial charge is 0.507 e. The Morgan fingerprint density at radius 2 is 1.42 bits per heavy atom. The molecule has 0 spiro atoms. The second kappa shape index (κ2) is 38.5. The second-order valence-corrected chi connectivity index (χ2v) is 29.4. The number of hydrazone groups is 1. The molecule has 1 aromatic heterocycles. The Bertz CT molecular complexity index is 4010. The minimum atomic E-state index is -2.38. The van der Waals surface area contributed by atoms with Crippen LogP contribution in [0.5, 0.6) is 23.0 Å². The van der Waals surface area contributed by atoms with E-state index in [1.807, 2.05) is 10.4 Å². The van der Waals surface area contributed by atoms with Crippen LogP contribution in [0.3, 0.4) is 0 Å². The number of aliphatic hydroxyl groups excluding tert-OH is 8. The van der Waals surface area contributed by atoms with Gasteiger partial charge in [-0.25, -0.2) is 15.8 Å². The number of allylic oxidation sites excluding steroid dienone is 2. The molecule has 3 aromatic rings. The zero-order valence-electron chi connectivity index (χ0n) is 64.7. The number of Topliss-reactive ketones (excluding diaryl/α,β-unsaturated/α-hetero) is 1. The van der Waals surface area contributed by atoms with E-state index in [1.165, 1.54) is 111 Å². The van der Waals surface area contributed by atoms with Crippen LogP contribution in [-0.2, 0) is 47.5 Å². The molecule has 8 aliphatic rings. The highest BCUT2D eigenvalue weighted by atomic mass is 16.8. The number of anilines is 1. The van der Waals surface area contributed by atoms with Crippen molar-refractivity contribution < 1.29 is 123 Å². The first kappa shape index (κ1) is 89.7. The highest BCUT2D eigenvalue weighted by Crippen LogP contribution is 2.55. The molecule has 7 heterocycles. The molecule has 2 amide bonds. The highest BCUT2D eigenvalue weighted by molar-refractivity contribution is 6.24. The van der Waals surface area contributed by atoms with E-state index in [-0.39, 0.29) is 56.7 Å². The van der Waals surface area contributed by atoms with Gasteiger partial charge in [0.25, 0.3) is 17.6 Å². The number of aliphatic imine (C=N–C) groups is 2. The van der Waals surface area contributed by atoms with Crippen LogP contribution in [0.2, 0.25) is 0 Å². The number of hydrogen-bond donors (Lipinski definition) is 20. The Hall–Kier alpha value is -8.85. The van der Waals surface area contributed by atoms with Crippen LogP contribution >= 0.6 is 0 Å². The number of aliphatic hydroxyl groups is 9. The summed E-state index contributed by atoms with van der Waals surface area (Å²) in [5, 5.41) is 144. The number of hydrogen-bond acceptors (Lipinski definition) is 33. The molecule has 3 saturated heterocycles. The van der Waals surface area contributed by atoms with Gasteiger partial charge in [0.05, 0.1) is 71.7 Å². The van der Waals surface area contributed by atoms with Crippen molar-refractivity contribution in [2.24, 2.45) is 67.5 Å². The van der Waals surface area contributed by atoms with Gasteiger partial charge in [-0.15, -0.1) is 0 Å². The third kappa shape index (κ3) is 19.6. The van der Waals surface area contributed by atoms with E-state index in [0.29, 0.717) is 24.7 Å². The monoisotopic (exact) mass is 1590 g/mol. The topological polar surface area (TPSA) is 625 Å². The number of likely N-dealkylation sites (N-methyl/N-ethyl adjacent to an activating group) is 1. The van der Waals surface area contributed by atoms with E-state index < -0.39 is 199 Å². The highest BCUT2D eigenvalue weighted by Gasteiger charge is 2.61. The number of nitrogen functional groups attached to an aromatic ring is 1. The number of ketones is 1. The lowest BCUT2D eigenvalue weighted by molar-refractivity contribution is -0.314. The number of methoxy groups -OCH3 is 1. The number of piperazine rings is 1. The van der Waals surface area contributed by atoms with E-state index in [1.54, 1.807) is 52.0 Å². The van der Waals surface area contributed by atoms with Crippen molar-refractivity contribution in [3.05, 3.63) is 82.9 Å².